The van der Waals surface area contributed by atoms with Crippen LogP contribution in [0.15, 0.2) is 30.3 Å². The van der Waals surface area contributed by atoms with Crippen LogP contribution in [0.4, 0.5) is 0 Å². The van der Waals surface area contributed by atoms with Crippen molar-refractivity contribution in [3.63, 3.8) is 0 Å². The SMILES string of the molecule is Cc1[nH]nc(-c2ccccc2)c1CBr. The van der Waals surface area contributed by atoms with Crippen LogP contribution < -0.4 is 0 Å². The van der Waals surface area contributed by atoms with Crippen LogP contribution in [0.3, 0.4) is 0 Å². The maximum Gasteiger partial charge on any atom is 0.0963 e. The van der Waals surface area contributed by atoms with Crippen LogP contribution in [0.2, 0.25) is 0 Å². The Morgan fingerprint density at radius 2 is 2.00 bits per heavy atom. The highest BCUT2D eigenvalue weighted by molar-refractivity contribution is 9.08. The number of benzene rings is 1. The molecule has 1 heterocycles. The number of aromatic nitrogens is 2. The minimum absolute atomic E-state index is 0.833. The quantitative estimate of drug-likeness (QED) is 0.815. The van der Waals surface area contributed by atoms with Gasteiger partial charge < -0.3 is 0 Å². The van der Waals surface area contributed by atoms with Crippen LogP contribution in [0, 0.1) is 6.92 Å². The second kappa shape index (κ2) is 3.96. The molecule has 0 amide bonds. The Morgan fingerprint density at radius 3 is 2.64 bits per heavy atom. The molecule has 1 aromatic heterocycles. The summed E-state index contributed by atoms with van der Waals surface area (Å²) in [6.45, 7) is 2.04. The first kappa shape index (κ1) is 9.46. The molecule has 1 N–H and O–H groups in total. The fourth-order valence-electron chi connectivity index (χ4n) is 1.45. The van der Waals surface area contributed by atoms with Crippen LogP contribution in [0.25, 0.3) is 11.3 Å². The summed E-state index contributed by atoms with van der Waals surface area (Å²) < 4.78 is 0. The Kier molecular flexibility index (Phi) is 2.68. The lowest BCUT2D eigenvalue weighted by atomic mass is 10.1. The summed E-state index contributed by atoms with van der Waals surface area (Å²) in [5, 5.41) is 8.14. The number of nitrogens with zero attached hydrogens (tertiary/aromatic N) is 1. The van der Waals surface area contributed by atoms with E-state index in [0.717, 1.165) is 22.3 Å². The van der Waals surface area contributed by atoms with Crippen molar-refractivity contribution in [3.8, 4) is 11.3 Å². The first-order valence-electron chi connectivity index (χ1n) is 4.48. The Labute approximate surface area is 91.5 Å². The van der Waals surface area contributed by atoms with Gasteiger partial charge in [0.2, 0.25) is 0 Å². The van der Waals surface area contributed by atoms with Crippen LogP contribution >= 0.6 is 15.9 Å². The number of halogens is 1. The molecule has 0 radical (unpaired) electrons. The van der Waals surface area contributed by atoms with Crippen LogP contribution in [0.1, 0.15) is 11.3 Å². The van der Waals surface area contributed by atoms with Gasteiger partial charge in [0.1, 0.15) is 0 Å². The summed E-state index contributed by atoms with van der Waals surface area (Å²) in [6, 6.07) is 10.2. The Hall–Kier alpha value is -1.09. The fourth-order valence-corrected chi connectivity index (χ4v) is 2.14. The van der Waals surface area contributed by atoms with Gasteiger partial charge in [-0.3, -0.25) is 5.10 Å². The van der Waals surface area contributed by atoms with Crippen LogP contribution in [-0.2, 0) is 5.33 Å². The predicted molar refractivity (Wildman–Crippen MR) is 61.4 cm³/mol. The molecule has 1 aromatic carbocycles. The van der Waals surface area contributed by atoms with E-state index >= 15 is 0 Å². The van der Waals surface area contributed by atoms with E-state index < -0.39 is 0 Å². The minimum atomic E-state index is 0.833. The van der Waals surface area contributed by atoms with Crippen LogP contribution in [0.5, 0.6) is 0 Å². The molecule has 72 valence electrons. The Balaban J connectivity index is 2.52. The summed E-state index contributed by atoms with van der Waals surface area (Å²) in [5.74, 6) is 0. The van der Waals surface area contributed by atoms with Crippen LogP contribution in [-0.4, -0.2) is 10.2 Å². The normalized spacial score (nSPS) is 10.4. The van der Waals surface area contributed by atoms with Gasteiger partial charge in [-0.05, 0) is 6.92 Å². The first-order chi connectivity index (χ1) is 6.83. The molecule has 3 heteroatoms. The van der Waals surface area contributed by atoms with E-state index in [-0.39, 0.29) is 0 Å². The lowest BCUT2D eigenvalue weighted by Gasteiger charge is -1.99. The van der Waals surface area contributed by atoms with Gasteiger partial charge in [0.05, 0.1) is 5.69 Å². The molecule has 2 aromatic rings. The van der Waals surface area contributed by atoms with E-state index in [1.54, 1.807) is 0 Å². The van der Waals surface area contributed by atoms with E-state index in [0.29, 0.717) is 0 Å². The van der Waals surface area contributed by atoms with Gasteiger partial charge >= 0.3 is 0 Å². The lowest BCUT2D eigenvalue weighted by molar-refractivity contribution is 1.05. The third kappa shape index (κ3) is 1.60. The highest BCUT2D eigenvalue weighted by Gasteiger charge is 2.09. The van der Waals surface area contributed by atoms with Crippen molar-refractivity contribution in [3.05, 3.63) is 41.6 Å². The molecular formula is C11H11BrN2. The number of aromatic amines is 1. The second-order valence-electron chi connectivity index (χ2n) is 3.18. The molecule has 0 bridgehead atoms. The van der Waals surface area contributed by atoms with Crippen molar-refractivity contribution in [2.45, 2.75) is 12.3 Å². The van der Waals surface area contributed by atoms with E-state index in [1.807, 2.05) is 25.1 Å². The van der Waals surface area contributed by atoms with Crippen molar-refractivity contribution in [2.75, 3.05) is 0 Å². The largest absolute Gasteiger partial charge is 0.282 e. The molecule has 0 aliphatic rings. The zero-order valence-electron chi connectivity index (χ0n) is 7.92. The molecule has 0 aliphatic heterocycles. The van der Waals surface area contributed by atoms with Crippen molar-refractivity contribution in [2.24, 2.45) is 0 Å². The van der Waals surface area contributed by atoms with Gasteiger partial charge in [0.25, 0.3) is 0 Å². The number of nitrogens with one attached hydrogen (secondary N) is 1. The minimum Gasteiger partial charge on any atom is -0.282 e. The monoisotopic (exact) mass is 250 g/mol. The molecule has 14 heavy (non-hydrogen) atoms. The first-order valence-corrected chi connectivity index (χ1v) is 5.60. The Morgan fingerprint density at radius 1 is 1.29 bits per heavy atom. The van der Waals surface area contributed by atoms with Crippen molar-refractivity contribution in [1.29, 1.82) is 0 Å². The van der Waals surface area contributed by atoms with Crippen molar-refractivity contribution >= 4 is 15.9 Å². The van der Waals surface area contributed by atoms with Gasteiger partial charge in [0.15, 0.2) is 0 Å². The molecule has 0 atom stereocenters. The van der Waals surface area contributed by atoms with Crippen molar-refractivity contribution < 1.29 is 0 Å². The van der Waals surface area contributed by atoms with Gasteiger partial charge in [-0.2, -0.15) is 5.10 Å². The molecular weight excluding hydrogens is 240 g/mol. The van der Waals surface area contributed by atoms with Gasteiger partial charge in [0, 0.05) is 22.2 Å². The number of H-pyrrole nitrogens is 1. The molecule has 2 nitrogen and oxygen atoms in total. The van der Waals surface area contributed by atoms with Gasteiger partial charge in [-0.25, -0.2) is 0 Å². The van der Waals surface area contributed by atoms with E-state index in [4.69, 9.17) is 0 Å². The predicted octanol–water partition coefficient (Wildman–Crippen LogP) is 3.28. The number of aryl methyl sites for hydroxylation is 1. The average molecular weight is 251 g/mol. The highest BCUT2D eigenvalue weighted by Crippen LogP contribution is 2.24. The van der Waals surface area contributed by atoms with Gasteiger partial charge in [-0.1, -0.05) is 46.3 Å². The van der Waals surface area contributed by atoms with E-state index in [1.165, 1.54) is 5.56 Å². The zero-order valence-corrected chi connectivity index (χ0v) is 9.51. The van der Waals surface area contributed by atoms with E-state index in [2.05, 4.69) is 38.3 Å². The van der Waals surface area contributed by atoms with E-state index in [9.17, 15) is 0 Å². The smallest absolute Gasteiger partial charge is 0.0963 e. The lowest BCUT2D eigenvalue weighted by Crippen LogP contribution is -1.83. The van der Waals surface area contributed by atoms with Gasteiger partial charge in [-0.15, -0.1) is 0 Å². The topological polar surface area (TPSA) is 28.7 Å². The Bertz CT molecular complexity index is 420. The second-order valence-corrected chi connectivity index (χ2v) is 3.74. The fraction of sp³-hybridized carbons (Fsp3) is 0.182. The summed E-state index contributed by atoms with van der Waals surface area (Å²) in [7, 11) is 0. The summed E-state index contributed by atoms with van der Waals surface area (Å²) in [6.07, 6.45) is 0. The molecule has 0 aliphatic carbocycles. The number of hydrogen-bond donors (Lipinski definition) is 1. The third-order valence-corrected chi connectivity index (χ3v) is 2.82. The summed E-state index contributed by atoms with van der Waals surface area (Å²) in [4.78, 5) is 0. The maximum atomic E-state index is 4.30. The maximum absolute atomic E-state index is 4.30. The average Bonchev–Trinajstić information content (AvgIpc) is 2.61. The highest BCUT2D eigenvalue weighted by atomic mass is 79.9. The summed E-state index contributed by atoms with van der Waals surface area (Å²) in [5.41, 5.74) is 4.56. The third-order valence-electron chi connectivity index (χ3n) is 2.25. The molecule has 0 saturated carbocycles. The molecule has 0 fully saturated rings. The standard InChI is InChI=1S/C11H11BrN2/c1-8-10(7-12)11(14-13-8)9-5-3-2-4-6-9/h2-6H,7H2,1H3,(H,13,14). The number of hydrogen-bond acceptors (Lipinski definition) is 1. The van der Waals surface area contributed by atoms with Crippen molar-refractivity contribution in [1.82, 2.24) is 10.2 Å². The zero-order chi connectivity index (χ0) is 9.97. The summed E-state index contributed by atoms with van der Waals surface area (Å²) >= 11 is 3.48. The molecule has 2 rings (SSSR count). The molecule has 0 unspecified atom stereocenters. The molecule has 0 saturated heterocycles. The molecule has 0 spiro atoms. The number of alkyl halides is 1. The number of rotatable bonds is 2.